The summed E-state index contributed by atoms with van der Waals surface area (Å²) in [6.45, 7) is 0.572. The molecule has 116 valence electrons. The number of halogens is 2. The van der Waals surface area contributed by atoms with Crippen LogP contribution in [0.3, 0.4) is 0 Å². The average Bonchev–Trinajstić information content (AvgIpc) is 2.47. The van der Waals surface area contributed by atoms with E-state index in [1.165, 1.54) is 0 Å². The van der Waals surface area contributed by atoms with Crippen LogP contribution in [0, 0.1) is 0 Å². The fraction of sp³-hybridized carbons (Fsp3) is 0.188. The molecule has 2 rings (SSSR count). The van der Waals surface area contributed by atoms with E-state index in [2.05, 4.69) is 10.3 Å². The van der Waals surface area contributed by atoms with Gasteiger partial charge >= 0.3 is 0 Å². The van der Waals surface area contributed by atoms with Crippen molar-refractivity contribution < 1.29 is 4.74 Å². The molecule has 0 saturated carbocycles. The Morgan fingerprint density at radius 1 is 1.23 bits per heavy atom. The zero-order valence-corrected chi connectivity index (χ0v) is 13.7. The van der Waals surface area contributed by atoms with Gasteiger partial charge in [-0.15, -0.1) is 0 Å². The molecule has 0 amide bonds. The number of anilines is 1. The predicted molar refractivity (Wildman–Crippen MR) is 93.3 cm³/mol. The number of nitrogens with two attached hydrogens (primary N) is 1. The van der Waals surface area contributed by atoms with E-state index in [1.54, 1.807) is 19.2 Å². The molecule has 0 aliphatic rings. The first-order valence-electron chi connectivity index (χ1n) is 6.73. The summed E-state index contributed by atoms with van der Waals surface area (Å²) in [5.74, 6) is 0.951. The van der Waals surface area contributed by atoms with E-state index in [-0.39, 0.29) is 0 Å². The first kappa shape index (κ1) is 16.5. The molecule has 0 heterocycles. The van der Waals surface area contributed by atoms with Crippen molar-refractivity contribution >= 4 is 34.8 Å². The lowest BCUT2D eigenvalue weighted by atomic mass is 10.1. The molecule has 0 unspecified atom stereocenters. The lowest BCUT2D eigenvalue weighted by molar-refractivity contribution is 0.415. The van der Waals surface area contributed by atoms with Crippen molar-refractivity contribution in [3.8, 4) is 5.75 Å². The lowest BCUT2D eigenvalue weighted by Crippen LogP contribution is -2.23. The molecule has 3 N–H and O–H groups in total. The second-order valence-corrected chi connectivity index (χ2v) is 5.46. The van der Waals surface area contributed by atoms with Crippen LogP contribution in [-0.4, -0.2) is 19.6 Å². The minimum absolute atomic E-state index is 0.336. The van der Waals surface area contributed by atoms with E-state index < -0.39 is 0 Å². The molecule has 0 spiro atoms. The van der Waals surface area contributed by atoms with Gasteiger partial charge in [0.1, 0.15) is 5.75 Å². The molecule has 2 aromatic rings. The van der Waals surface area contributed by atoms with Gasteiger partial charge in [0, 0.05) is 17.3 Å². The summed E-state index contributed by atoms with van der Waals surface area (Å²) in [5.41, 5.74) is 7.74. The van der Waals surface area contributed by atoms with Gasteiger partial charge < -0.3 is 15.8 Å². The van der Waals surface area contributed by atoms with Crippen LogP contribution in [0.2, 0.25) is 10.0 Å². The highest BCUT2D eigenvalue weighted by Crippen LogP contribution is 2.27. The summed E-state index contributed by atoms with van der Waals surface area (Å²) in [4.78, 5) is 4.28. The third-order valence-corrected chi connectivity index (χ3v) is 3.53. The van der Waals surface area contributed by atoms with Crippen molar-refractivity contribution in [3.05, 3.63) is 58.1 Å². The van der Waals surface area contributed by atoms with Gasteiger partial charge in [-0.1, -0.05) is 35.3 Å². The number of ether oxygens (including phenoxy) is 1. The summed E-state index contributed by atoms with van der Waals surface area (Å²) in [5, 5.41) is 4.23. The van der Waals surface area contributed by atoms with Crippen molar-refractivity contribution in [2.75, 3.05) is 19.0 Å². The van der Waals surface area contributed by atoms with Crippen molar-refractivity contribution in [1.29, 1.82) is 0 Å². The minimum atomic E-state index is 0.336. The second-order valence-electron chi connectivity index (χ2n) is 4.62. The topological polar surface area (TPSA) is 59.6 Å². The number of nitrogens with one attached hydrogen (secondary N) is 1. The summed E-state index contributed by atoms with van der Waals surface area (Å²) < 4.78 is 5.10. The Balaban J connectivity index is 1.91. The monoisotopic (exact) mass is 337 g/mol. The SMILES string of the molecule is COc1ccc(NC(N)=NCCc2cccc(Cl)c2)cc1Cl. The predicted octanol–water partition coefficient (Wildman–Crippen LogP) is 3.97. The Kier molecular flexibility index (Phi) is 5.92. The Labute approximate surface area is 139 Å². The maximum atomic E-state index is 6.05. The normalized spacial score (nSPS) is 11.3. The van der Waals surface area contributed by atoms with E-state index in [0.29, 0.717) is 23.3 Å². The highest BCUT2D eigenvalue weighted by Gasteiger charge is 2.02. The fourth-order valence-corrected chi connectivity index (χ4v) is 2.40. The smallest absolute Gasteiger partial charge is 0.193 e. The zero-order chi connectivity index (χ0) is 15.9. The number of nitrogens with zero attached hydrogens (tertiary/aromatic N) is 1. The highest BCUT2D eigenvalue weighted by molar-refractivity contribution is 6.32. The number of methoxy groups -OCH3 is 1. The molecule has 22 heavy (non-hydrogen) atoms. The van der Waals surface area contributed by atoms with Crippen LogP contribution in [0.1, 0.15) is 5.56 Å². The van der Waals surface area contributed by atoms with Gasteiger partial charge in [0.15, 0.2) is 5.96 Å². The first-order chi connectivity index (χ1) is 10.6. The maximum Gasteiger partial charge on any atom is 0.193 e. The van der Waals surface area contributed by atoms with Crippen molar-refractivity contribution in [2.24, 2.45) is 10.7 Å². The van der Waals surface area contributed by atoms with Gasteiger partial charge in [-0.25, -0.2) is 0 Å². The Bertz CT molecular complexity index is 674. The third-order valence-electron chi connectivity index (χ3n) is 3.00. The number of hydrogen-bond acceptors (Lipinski definition) is 2. The molecule has 6 heteroatoms. The Morgan fingerprint density at radius 3 is 2.73 bits per heavy atom. The molecular formula is C16H17Cl2N3O. The number of aliphatic imine (C=N–C) groups is 1. The second kappa shape index (κ2) is 7.92. The number of guanidine groups is 1. The summed E-state index contributed by atoms with van der Waals surface area (Å²) in [6, 6.07) is 13.0. The molecule has 0 saturated heterocycles. The van der Waals surface area contributed by atoms with Crippen LogP contribution in [0.25, 0.3) is 0 Å². The molecule has 0 aromatic heterocycles. The van der Waals surface area contributed by atoms with E-state index in [4.69, 9.17) is 33.7 Å². The van der Waals surface area contributed by atoms with Crippen LogP contribution in [-0.2, 0) is 6.42 Å². The number of hydrogen-bond donors (Lipinski definition) is 2. The van der Waals surface area contributed by atoms with Crippen molar-refractivity contribution in [3.63, 3.8) is 0 Å². The minimum Gasteiger partial charge on any atom is -0.495 e. The van der Waals surface area contributed by atoms with E-state index >= 15 is 0 Å². The van der Waals surface area contributed by atoms with Crippen LogP contribution in [0.4, 0.5) is 5.69 Å². The van der Waals surface area contributed by atoms with Gasteiger partial charge in [-0.3, -0.25) is 4.99 Å². The fourth-order valence-electron chi connectivity index (χ4n) is 1.93. The zero-order valence-electron chi connectivity index (χ0n) is 12.1. The van der Waals surface area contributed by atoms with E-state index in [0.717, 1.165) is 22.7 Å². The molecule has 0 radical (unpaired) electrons. The van der Waals surface area contributed by atoms with Crippen LogP contribution in [0.15, 0.2) is 47.5 Å². The first-order valence-corrected chi connectivity index (χ1v) is 7.49. The van der Waals surface area contributed by atoms with Gasteiger partial charge in [-0.2, -0.15) is 0 Å². The number of rotatable bonds is 5. The lowest BCUT2D eigenvalue weighted by Gasteiger charge is -2.08. The number of benzene rings is 2. The van der Waals surface area contributed by atoms with Gasteiger partial charge in [0.2, 0.25) is 0 Å². The molecule has 0 fully saturated rings. The molecule has 0 aliphatic heterocycles. The van der Waals surface area contributed by atoms with Crippen LogP contribution >= 0.6 is 23.2 Å². The van der Waals surface area contributed by atoms with Crippen molar-refractivity contribution in [2.45, 2.75) is 6.42 Å². The van der Waals surface area contributed by atoms with Crippen molar-refractivity contribution in [1.82, 2.24) is 0 Å². The molecule has 0 aliphatic carbocycles. The van der Waals surface area contributed by atoms with Gasteiger partial charge in [0.05, 0.1) is 12.1 Å². The van der Waals surface area contributed by atoms with Crippen LogP contribution < -0.4 is 15.8 Å². The quantitative estimate of drug-likeness (QED) is 0.641. The Hall–Kier alpha value is -1.91. The summed E-state index contributed by atoms with van der Waals surface area (Å²) in [7, 11) is 1.57. The standard InChI is InChI=1S/C16H17Cl2N3O/c1-22-15-6-5-13(10-14(15)18)21-16(19)20-8-7-11-3-2-4-12(17)9-11/h2-6,9-10H,7-8H2,1H3,(H3,19,20,21). The summed E-state index contributed by atoms with van der Waals surface area (Å²) in [6.07, 6.45) is 0.770. The van der Waals surface area contributed by atoms with Gasteiger partial charge in [-0.05, 0) is 42.3 Å². The van der Waals surface area contributed by atoms with E-state index in [9.17, 15) is 0 Å². The maximum absolute atomic E-state index is 6.05. The van der Waals surface area contributed by atoms with Crippen LogP contribution in [0.5, 0.6) is 5.75 Å². The third kappa shape index (κ3) is 4.83. The molecule has 4 nitrogen and oxygen atoms in total. The molecule has 2 aromatic carbocycles. The molecule has 0 bridgehead atoms. The van der Waals surface area contributed by atoms with Gasteiger partial charge in [0.25, 0.3) is 0 Å². The average molecular weight is 338 g/mol. The molecular weight excluding hydrogens is 321 g/mol. The Morgan fingerprint density at radius 2 is 2.05 bits per heavy atom. The highest BCUT2D eigenvalue weighted by atomic mass is 35.5. The van der Waals surface area contributed by atoms with E-state index in [1.807, 2.05) is 30.3 Å². The molecule has 0 atom stereocenters. The largest absolute Gasteiger partial charge is 0.495 e. The summed E-state index contributed by atoms with van der Waals surface area (Å²) >= 11 is 12.0.